The molecule has 29 heavy (non-hydrogen) atoms. The Labute approximate surface area is 169 Å². The number of benzene rings is 1. The van der Waals surface area contributed by atoms with Crippen molar-refractivity contribution in [1.82, 2.24) is 14.7 Å². The first kappa shape index (κ1) is 22.1. The number of urea groups is 1. The van der Waals surface area contributed by atoms with Crippen molar-refractivity contribution in [3.63, 3.8) is 0 Å². The van der Waals surface area contributed by atoms with Crippen LogP contribution < -0.4 is 5.32 Å². The van der Waals surface area contributed by atoms with Crippen molar-refractivity contribution >= 4 is 35.3 Å². The number of amides is 6. The number of nitrogens with one attached hydrogen (secondary N) is 1. The van der Waals surface area contributed by atoms with Gasteiger partial charge in [-0.3, -0.25) is 24.1 Å². The van der Waals surface area contributed by atoms with Gasteiger partial charge in [0.2, 0.25) is 11.8 Å². The third-order valence-electron chi connectivity index (χ3n) is 4.49. The topological polar surface area (TPSA) is 107 Å². The lowest BCUT2D eigenvalue weighted by atomic mass is 10.2. The number of imide groups is 2. The molecular formula is C20H26N4O5. The number of hydrogen-bond donors (Lipinski definition) is 1. The average Bonchev–Trinajstić information content (AvgIpc) is 2.86. The first-order valence-corrected chi connectivity index (χ1v) is 9.49. The minimum Gasteiger partial charge on any atom is -0.332 e. The van der Waals surface area contributed by atoms with Gasteiger partial charge in [-0.05, 0) is 38.8 Å². The van der Waals surface area contributed by atoms with Gasteiger partial charge < -0.3 is 10.2 Å². The number of hydrogen-bond acceptors (Lipinski definition) is 5. The summed E-state index contributed by atoms with van der Waals surface area (Å²) < 4.78 is 0. The highest BCUT2D eigenvalue weighted by atomic mass is 16.2. The highest BCUT2D eigenvalue weighted by Gasteiger charge is 2.46. The highest BCUT2D eigenvalue weighted by molar-refractivity contribution is 6.45. The van der Waals surface area contributed by atoms with Crippen LogP contribution in [0.1, 0.15) is 32.8 Å². The van der Waals surface area contributed by atoms with Gasteiger partial charge in [0, 0.05) is 18.3 Å². The Morgan fingerprint density at radius 2 is 1.76 bits per heavy atom. The van der Waals surface area contributed by atoms with Crippen LogP contribution in [0.2, 0.25) is 0 Å². The van der Waals surface area contributed by atoms with Gasteiger partial charge in [-0.2, -0.15) is 0 Å². The summed E-state index contributed by atoms with van der Waals surface area (Å²) in [5.41, 5.74) is 1.53. The zero-order valence-electron chi connectivity index (χ0n) is 17.1. The van der Waals surface area contributed by atoms with Crippen LogP contribution in [0, 0.1) is 6.92 Å². The monoisotopic (exact) mass is 402 g/mol. The smallest absolute Gasteiger partial charge is 0.332 e. The lowest BCUT2D eigenvalue weighted by Gasteiger charge is -2.24. The molecule has 1 saturated heterocycles. The summed E-state index contributed by atoms with van der Waals surface area (Å²) in [6.07, 6.45) is 0.586. The highest BCUT2D eigenvalue weighted by Crippen LogP contribution is 2.16. The van der Waals surface area contributed by atoms with E-state index in [1.807, 2.05) is 26.0 Å². The van der Waals surface area contributed by atoms with Gasteiger partial charge in [-0.1, -0.05) is 25.1 Å². The van der Waals surface area contributed by atoms with Crippen molar-refractivity contribution in [2.24, 2.45) is 0 Å². The summed E-state index contributed by atoms with van der Waals surface area (Å²) in [4.78, 5) is 64.3. The Bertz CT molecular complexity index is 836. The standard InChI is InChI=1S/C20H26N4O5/c1-5-10-22(11-16(25)21-15-9-7-6-8-14(15)4)17(26)12-23-18(27)19(28)24(13(2)3)20(23)29/h6-9,13H,5,10-12H2,1-4H3,(H,21,25). The fourth-order valence-corrected chi connectivity index (χ4v) is 2.99. The van der Waals surface area contributed by atoms with Gasteiger partial charge in [-0.25, -0.2) is 9.69 Å². The van der Waals surface area contributed by atoms with Crippen LogP contribution in [0.3, 0.4) is 0 Å². The molecule has 1 aliphatic rings. The molecule has 0 atom stereocenters. The molecule has 1 aromatic rings. The van der Waals surface area contributed by atoms with Gasteiger partial charge in [-0.15, -0.1) is 0 Å². The van der Waals surface area contributed by atoms with E-state index in [0.29, 0.717) is 17.0 Å². The molecule has 0 bridgehead atoms. The normalized spacial score (nSPS) is 14.0. The molecule has 6 amide bonds. The lowest BCUT2D eigenvalue weighted by molar-refractivity contribution is -0.145. The van der Waals surface area contributed by atoms with Gasteiger partial charge in [0.1, 0.15) is 6.54 Å². The van der Waals surface area contributed by atoms with Crippen LogP contribution >= 0.6 is 0 Å². The fraction of sp³-hybridized carbons (Fsp3) is 0.450. The number of aryl methyl sites for hydroxylation is 1. The maximum Gasteiger partial charge on any atom is 0.334 e. The predicted octanol–water partition coefficient (Wildman–Crippen LogP) is 1.37. The van der Waals surface area contributed by atoms with Crippen molar-refractivity contribution in [3.8, 4) is 0 Å². The molecule has 1 fully saturated rings. The van der Waals surface area contributed by atoms with E-state index in [1.54, 1.807) is 26.0 Å². The third-order valence-corrected chi connectivity index (χ3v) is 4.49. The van der Waals surface area contributed by atoms with E-state index in [-0.39, 0.29) is 19.0 Å². The van der Waals surface area contributed by atoms with Crippen LogP contribution in [0.25, 0.3) is 0 Å². The Balaban J connectivity index is 2.06. The summed E-state index contributed by atoms with van der Waals surface area (Å²) in [6, 6.07) is 5.94. The quantitative estimate of drug-likeness (QED) is 0.522. The Morgan fingerprint density at radius 3 is 2.31 bits per heavy atom. The SMILES string of the molecule is CCCN(CC(=O)Nc1ccccc1C)C(=O)CN1C(=O)C(=O)N(C(C)C)C1=O. The maximum absolute atomic E-state index is 12.7. The molecule has 156 valence electrons. The van der Waals surface area contributed by atoms with E-state index in [9.17, 15) is 24.0 Å². The van der Waals surface area contributed by atoms with Crippen LogP contribution in [0.4, 0.5) is 10.5 Å². The average molecular weight is 402 g/mol. The van der Waals surface area contributed by atoms with Gasteiger partial charge in [0.05, 0.1) is 6.54 Å². The molecule has 9 nitrogen and oxygen atoms in total. The first-order valence-electron chi connectivity index (χ1n) is 9.49. The van der Waals surface area contributed by atoms with Crippen LogP contribution in [-0.4, -0.2) is 70.0 Å². The number of para-hydroxylation sites is 1. The number of nitrogens with zero attached hydrogens (tertiary/aromatic N) is 3. The molecule has 1 N–H and O–H groups in total. The van der Waals surface area contributed by atoms with Crippen molar-refractivity contribution in [2.75, 3.05) is 25.0 Å². The second kappa shape index (κ2) is 9.31. The zero-order valence-corrected chi connectivity index (χ0v) is 17.1. The van der Waals surface area contributed by atoms with E-state index in [2.05, 4.69) is 5.32 Å². The Kier molecular flexibility index (Phi) is 7.08. The van der Waals surface area contributed by atoms with Gasteiger partial charge in [0.25, 0.3) is 0 Å². The Morgan fingerprint density at radius 1 is 1.10 bits per heavy atom. The van der Waals surface area contributed by atoms with Crippen molar-refractivity contribution < 1.29 is 24.0 Å². The molecule has 0 aliphatic carbocycles. The van der Waals surface area contributed by atoms with Crippen molar-refractivity contribution in [3.05, 3.63) is 29.8 Å². The third kappa shape index (κ3) is 4.98. The molecule has 1 aliphatic heterocycles. The molecule has 1 aromatic carbocycles. The minimum atomic E-state index is -1.03. The summed E-state index contributed by atoms with van der Waals surface area (Å²) in [6.45, 7) is 6.38. The van der Waals surface area contributed by atoms with E-state index in [0.717, 1.165) is 10.5 Å². The molecule has 1 heterocycles. The second-order valence-electron chi connectivity index (χ2n) is 7.12. The Hall–Kier alpha value is -3.23. The number of rotatable bonds is 8. The molecule has 0 saturated carbocycles. The van der Waals surface area contributed by atoms with E-state index >= 15 is 0 Å². The molecule has 0 unspecified atom stereocenters. The van der Waals surface area contributed by atoms with E-state index in [4.69, 9.17) is 0 Å². The maximum atomic E-state index is 12.7. The summed E-state index contributed by atoms with van der Waals surface area (Å²) in [5.74, 6) is -2.94. The number of anilines is 1. The van der Waals surface area contributed by atoms with Crippen molar-refractivity contribution in [1.29, 1.82) is 0 Å². The fourth-order valence-electron chi connectivity index (χ4n) is 2.99. The van der Waals surface area contributed by atoms with Crippen LogP contribution in [0.15, 0.2) is 24.3 Å². The molecule has 2 rings (SSSR count). The first-order chi connectivity index (χ1) is 13.7. The minimum absolute atomic E-state index is 0.223. The number of carbonyl (C=O) groups excluding carboxylic acids is 5. The zero-order chi connectivity index (χ0) is 21.7. The summed E-state index contributed by atoms with van der Waals surface area (Å²) in [5, 5.41) is 2.75. The van der Waals surface area contributed by atoms with E-state index in [1.165, 1.54) is 4.90 Å². The molecule has 0 aromatic heterocycles. The summed E-state index contributed by atoms with van der Waals surface area (Å²) in [7, 11) is 0. The predicted molar refractivity (Wildman–Crippen MR) is 106 cm³/mol. The van der Waals surface area contributed by atoms with Gasteiger partial charge in [0.15, 0.2) is 0 Å². The lowest BCUT2D eigenvalue weighted by Crippen LogP contribution is -2.46. The van der Waals surface area contributed by atoms with Gasteiger partial charge >= 0.3 is 17.8 Å². The molecule has 0 spiro atoms. The largest absolute Gasteiger partial charge is 0.334 e. The number of carbonyl (C=O) groups is 5. The molecule has 9 heteroatoms. The van der Waals surface area contributed by atoms with Crippen LogP contribution in [-0.2, 0) is 19.2 Å². The molecule has 0 radical (unpaired) electrons. The molecular weight excluding hydrogens is 376 g/mol. The van der Waals surface area contributed by atoms with Crippen molar-refractivity contribution in [2.45, 2.75) is 40.2 Å². The second-order valence-corrected chi connectivity index (χ2v) is 7.12. The van der Waals surface area contributed by atoms with E-state index < -0.39 is 36.3 Å². The van der Waals surface area contributed by atoms with Crippen LogP contribution in [0.5, 0.6) is 0 Å². The summed E-state index contributed by atoms with van der Waals surface area (Å²) >= 11 is 0.